The Kier molecular flexibility index (Phi) is 1.82. The van der Waals surface area contributed by atoms with Crippen molar-refractivity contribution >= 4 is 5.95 Å². The molecule has 0 saturated heterocycles. The Labute approximate surface area is 79.2 Å². The molecule has 3 heteroatoms. The second-order valence-electron chi connectivity index (χ2n) is 4.11. The molecule has 13 heavy (non-hydrogen) atoms. The third-order valence-electron chi connectivity index (χ3n) is 2.90. The summed E-state index contributed by atoms with van der Waals surface area (Å²) in [7, 11) is 0. The fourth-order valence-electron chi connectivity index (χ4n) is 2.16. The monoisotopic (exact) mass is 179 g/mol. The molecule has 0 aliphatic carbocycles. The number of hydrogen-bond acceptors (Lipinski definition) is 2. The second-order valence-corrected chi connectivity index (χ2v) is 4.11. The van der Waals surface area contributed by atoms with Gasteiger partial charge in [-0.1, -0.05) is 0 Å². The maximum Gasteiger partial charge on any atom is 0.203 e. The van der Waals surface area contributed by atoms with Crippen LogP contribution in [0.2, 0.25) is 0 Å². The molecule has 1 aromatic rings. The lowest BCUT2D eigenvalue weighted by Gasteiger charge is -2.29. The Balaban J connectivity index is 2.49. The fraction of sp³-hybridized carbons (Fsp3) is 0.700. The predicted molar refractivity (Wildman–Crippen MR) is 54.1 cm³/mol. The lowest BCUT2D eigenvalue weighted by atomic mass is 10.1. The first-order valence-electron chi connectivity index (χ1n) is 4.91. The van der Waals surface area contributed by atoms with Crippen LogP contribution in [0.3, 0.4) is 0 Å². The van der Waals surface area contributed by atoms with Crippen LogP contribution in [0.15, 0.2) is 0 Å². The van der Waals surface area contributed by atoms with E-state index in [2.05, 4.69) is 42.6 Å². The molecule has 72 valence electrons. The van der Waals surface area contributed by atoms with Crippen molar-refractivity contribution in [3.8, 4) is 0 Å². The average Bonchev–Trinajstić information content (AvgIpc) is 2.27. The van der Waals surface area contributed by atoms with E-state index in [0.29, 0.717) is 12.1 Å². The van der Waals surface area contributed by atoms with Gasteiger partial charge in [0.2, 0.25) is 5.95 Å². The molecule has 0 radical (unpaired) electrons. The zero-order valence-electron chi connectivity index (χ0n) is 8.76. The standard InChI is InChI=1S/C10H17N3/c1-6-5-7(2)13-9(4)8(3)12-10(13)11-6/h6-7H,5H2,1-4H3,(H,11,12). The quantitative estimate of drug-likeness (QED) is 0.662. The van der Waals surface area contributed by atoms with Gasteiger partial charge in [0.1, 0.15) is 0 Å². The highest BCUT2D eigenvalue weighted by Crippen LogP contribution is 2.29. The minimum absolute atomic E-state index is 0.545. The highest BCUT2D eigenvalue weighted by molar-refractivity contribution is 5.37. The van der Waals surface area contributed by atoms with Gasteiger partial charge in [0.05, 0.1) is 5.69 Å². The molecule has 1 N–H and O–H groups in total. The number of nitrogens with zero attached hydrogens (tertiary/aromatic N) is 2. The molecule has 3 nitrogen and oxygen atoms in total. The van der Waals surface area contributed by atoms with E-state index in [4.69, 9.17) is 0 Å². The fourth-order valence-corrected chi connectivity index (χ4v) is 2.16. The number of aryl methyl sites for hydroxylation is 1. The molecule has 0 saturated carbocycles. The van der Waals surface area contributed by atoms with Crippen molar-refractivity contribution in [1.82, 2.24) is 9.55 Å². The lowest BCUT2D eigenvalue weighted by molar-refractivity contribution is 0.442. The van der Waals surface area contributed by atoms with Gasteiger partial charge in [-0.15, -0.1) is 0 Å². The van der Waals surface area contributed by atoms with Crippen molar-refractivity contribution in [2.24, 2.45) is 0 Å². The van der Waals surface area contributed by atoms with Gasteiger partial charge in [0.25, 0.3) is 0 Å². The average molecular weight is 179 g/mol. The summed E-state index contributed by atoms with van der Waals surface area (Å²) in [5.74, 6) is 1.04. The van der Waals surface area contributed by atoms with Gasteiger partial charge in [-0.05, 0) is 34.1 Å². The smallest absolute Gasteiger partial charge is 0.203 e. The molecule has 0 fully saturated rings. The Morgan fingerprint density at radius 1 is 1.38 bits per heavy atom. The minimum atomic E-state index is 0.545. The minimum Gasteiger partial charge on any atom is -0.353 e. The third-order valence-corrected chi connectivity index (χ3v) is 2.90. The van der Waals surface area contributed by atoms with E-state index in [0.717, 1.165) is 11.6 Å². The van der Waals surface area contributed by atoms with E-state index >= 15 is 0 Å². The second kappa shape index (κ2) is 2.76. The maximum absolute atomic E-state index is 4.50. The van der Waals surface area contributed by atoms with Gasteiger partial charge in [-0.3, -0.25) is 0 Å². The van der Waals surface area contributed by atoms with Crippen molar-refractivity contribution in [3.63, 3.8) is 0 Å². The first-order chi connectivity index (χ1) is 6.09. The van der Waals surface area contributed by atoms with Crippen LogP contribution in [0.1, 0.15) is 37.7 Å². The van der Waals surface area contributed by atoms with E-state index in [1.807, 2.05) is 0 Å². The molecular formula is C10H17N3. The van der Waals surface area contributed by atoms with E-state index in [-0.39, 0.29) is 0 Å². The summed E-state index contributed by atoms with van der Waals surface area (Å²) in [6, 6.07) is 1.12. The summed E-state index contributed by atoms with van der Waals surface area (Å²) in [5, 5.41) is 3.40. The zero-order valence-corrected chi connectivity index (χ0v) is 8.76. The zero-order chi connectivity index (χ0) is 9.59. The SMILES string of the molecule is Cc1nc2n(c1C)C(C)CC(C)N2. The number of hydrogen-bond donors (Lipinski definition) is 1. The molecular weight excluding hydrogens is 162 g/mol. The van der Waals surface area contributed by atoms with E-state index in [9.17, 15) is 0 Å². The topological polar surface area (TPSA) is 29.9 Å². The number of fused-ring (bicyclic) bond motifs is 1. The normalized spacial score (nSPS) is 26.8. The van der Waals surface area contributed by atoms with Gasteiger partial charge < -0.3 is 9.88 Å². The highest BCUT2D eigenvalue weighted by atomic mass is 15.3. The van der Waals surface area contributed by atoms with Crippen LogP contribution in [0.25, 0.3) is 0 Å². The number of rotatable bonds is 0. The van der Waals surface area contributed by atoms with Crippen molar-refractivity contribution in [3.05, 3.63) is 11.4 Å². The van der Waals surface area contributed by atoms with Crippen LogP contribution < -0.4 is 5.32 Å². The van der Waals surface area contributed by atoms with Gasteiger partial charge in [-0.25, -0.2) is 4.98 Å². The van der Waals surface area contributed by atoms with Crippen molar-refractivity contribution in [2.45, 2.75) is 46.2 Å². The highest BCUT2D eigenvalue weighted by Gasteiger charge is 2.23. The summed E-state index contributed by atoms with van der Waals surface area (Å²) in [5.41, 5.74) is 2.44. The Hall–Kier alpha value is -0.990. The van der Waals surface area contributed by atoms with Crippen molar-refractivity contribution in [1.29, 1.82) is 0 Å². The molecule has 0 aromatic carbocycles. The molecule has 0 bridgehead atoms. The van der Waals surface area contributed by atoms with Crippen LogP contribution in [-0.2, 0) is 0 Å². The van der Waals surface area contributed by atoms with Crippen LogP contribution in [0, 0.1) is 13.8 Å². The van der Waals surface area contributed by atoms with Gasteiger partial charge in [-0.2, -0.15) is 0 Å². The maximum atomic E-state index is 4.50. The number of nitrogens with one attached hydrogen (secondary N) is 1. The first-order valence-corrected chi connectivity index (χ1v) is 4.91. The molecule has 1 aromatic heterocycles. The predicted octanol–water partition coefficient (Wildman–Crippen LogP) is 2.27. The molecule has 2 unspecified atom stereocenters. The molecule has 2 heterocycles. The molecule has 0 amide bonds. The largest absolute Gasteiger partial charge is 0.353 e. The lowest BCUT2D eigenvalue weighted by Crippen LogP contribution is -2.28. The first kappa shape index (κ1) is 8.60. The van der Waals surface area contributed by atoms with Gasteiger partial charge >= 0.3 is 0 Å². The van der Waals surface area contributed by atoms with E-state index in [1.165, 1.54) is 12.1 Å². The molecule has 1 aliphatic heterocycles. The van der Waals surface area contributed by atoms with Crippen LogP contribution >= 0.6 is 0 Å². The molecule has 1 aliphatic rings. The van der Waals surface area contributed by atoms with Crippen LogP contribution in [0.4, 0.5) is 5.95 Å². The summed E-state index contributed by atoms with van der Waals surface area (Å²) < 4.78 is 2.30. The summed E-state index contributed by atoms with van der Waals surface area (Å²) in [6.07, 6.45) is 1.18. The molecule has 0 spiro atoms. The number of imidazole rings is 1. The number of aromatic nitrogens is 2. The van der Waals surface area contributed by atoms with Crippen molar-refractivity contribution < 1.29 is 0 Å². The summed E-state index contributed by atoms with van der Waals surface area (Å²) >= 11 is 0. The Morgan fingerprint density at radius 3 is 2.77 bits per heavy atom. The van der Waals surface area contributed by atoms with Crippen molar-refractivity contribution in [2.75, 3.05) is 5.32 Å². The molecule has 2 atom stereocenters. The summed E-state index contributed by atoms with van der Waals surface area (Å²) in [4.78, 5) is 4.50. The van der Waals surface area contributed by atoms with Crippen LogP contribution in [-0.4, -0.2) is 15.6 Å². The van der Waals surface area contributed by atoms with E-state index in [1.54, 1.807) is 0 Å². The van der Waals surface area contributed by atoms with Crippen LogP contribution in [0.5, 0.6) is 0 Å². The molecule has 2 rings (SSSR count). The van der Waals surface area contributed by atoms with Gasteiger partial charge in [0.15, 0.2) is 0 Å². The summed E-state index contributed by atoms with van der Waals surface area (Å²) in [6.45, 7) is 8.67. The Morgan fingerprint density at radius 2 is 2.08 bits per heavy atom. The Bertz CT molecular complexity index is 327. The van der Waals surface area contributed by atoms with E-state index < -0.39 is 0 Å². The third kappa shape index (κ3) is 1.23. The number of anilines is 1. The van der Waals surface area contributed by atoms with Gasteiger partial charge in [0, 0.05) is 17.8 Å².